The molecule has 3 aromatic rings. The molecule has 5 aliphatic rings. The molecule has 5 aliphatic carbocycles. The lowest BCUT2D eigenvalue weighted by Crippen LogP contribution is -2.70. The second-order valence-electron chi connectivity index (χ2n) is 20.1. The molecule has 0 radical (unpaired) electrons. The summed E-state index contributed by atoms with van der Waals surface area (Å²) in [4.78, 5) is 49.8. The van der Waals surface area contributed by atoms with Gasteiger partial charge in [0.05, 0.1) is 37.8 Å². The summed E-state index contributed by atoms with van der Waals surface area (Å²) in [6.07, 6.45) is 12.3. The molecule has 1 heterocycles. The molecule has 0 unspecified atom stereocenters. The first kappa shape index (κ1) is 46.6. The van der Waals surface area contributed by atoms with Crippen molar-refractivity contribution in [2.24, 2.45) is 29.6 Å². The summed E-state index contributed by atoms with van der Waals surface area (Å²) in [5, 5.41) is 8.39. The van der Waals surface area contributed by atoms with Crippen LogP contribution < -0.4 is 14.8 Å². The number of carbonyl (C=O) groups is 3. The number of rotatable bonds is 20. The van der Waals surface area contributed by atoms with Crippen LogP contribution in [0.4, 0.5) is 0 Å². The Kier molecular flexibility index (Phi) is 14.9. The lowest BCUT2D eigenvalue weighted by Gasteiger charge is -2.59. The highest BCUT2D eigenvalue weighted by atomic mass is 16.5. The molecule has 12 nitrogen and oxygen atoms in total. The highest BCUT2D eigenvalue weighted by Gasteiger charge is 2.63. The van der Waals surface area contributed by atoms with E-state index in [1.807, 2.05) is 62.2 Å². The van der Waals surface area contributed by atoms with Crippen LogP contribution in [0.5, 0.6) is 11.5 Å². The first-order valence-electron chi connectivity index (χ1n) is 23.8. The van der Waals surface area contributed by atoms with E-state index in [0.717, 1.165) is 75.5 Å². The SMILES string of the molecule is COc1cccc(OC)c1-c1cc(C(=O)NC2(C(=O)OCC(C)C)C3CC4CC(C3)CC2C4)nn1-c1ccc(C(=O)N(C)CCCN(C)CCCN(C)C2CCCC2)cc1C(C)C. The Labute approximate surface area is 376 Å². The molecule has 63 heavy (non-hydrogen) atoms. The van der Waals surface area contributed by atoms with E-state index in [0.29, 0.717) is 53.3 Å². The predicted molar refractivity (Wildman–Crippen MR) is 248 cm³/mol. The van der Waals surface area contributed by atoms with E-state index >= 15 is 0 Å². The zero-order valence-corrected chi connectivity index (χ0v) is 39.6. The van der Waals surface area contributed by atoms with Crippen LogP contribution in [0.1, 0.15) is 131 Å². The number of nitrogens with one attached hydrogen (secondary N) is 1. The molecule has 0 aliphatic heterocycles. The molecule has 12 heteroatoms. The fourth-order valence-electron chi connectivity index (χ4n) is 11.6. The predicted octanol–water partition coefficient (Wildman–Crippen LogP) is 8.46. The molecule has 1 aromatic heterocycles. The van der Waals surface area contributed by atoms with Crippen LogP contribution in [0.15, 0.2) is 42.5 Å². The van der Waals surface area contributed by atoms with Crippen LogP contribution in [0, 0.1) is 29.6 Å². The lowest BCUT2D eigenvalue weighted by atomic mass is 9.48. The minimum absolute atomic E-state index is 0.000329. The van der Waals surface area contributed by atoms with Gasteiger partial charge in [-0.2, -0.15) is 5.10 Å². The first-order valence-corrected chi connectivity index (χ1v) is 23.8. The fraction of sp³-hybridized carbons (Fsp3) is 0.647. The van der Waals surface area contributed by atoms with Gasteiger partial charge >= 0.3 is 5.97 Å². The molecule has 0 saturated heterocycles. The van der Waals surface area contributed by atoms with Crippen molar-refractivity contribution in [3.8, 4) is 28.4 Å². The summed E-state index contributed by atoms with van der Waals surface area (Å²) in [6, 6.07) is 13.8. The van der Waals surface area contributed by atoms with Crippen LogP contribution in [0.2, 0.25) is 0 Å². The van der Waals surface area contributed by atoms with Crippen LogP contribution in [0.25, 0.3) is 16.9 Å². The van der Waals surface area contributed by atoms with Gasteiger partial charge in [0.1, 0.15) is 17.0 Å². The normalized spacial score (nSPS) is 23.0. The van der Waals surface area contributed by atoms with E-state index in [2.05, 4.69) is 43.1 Å². The third-order valence-corrected chi connectivity index (χ3v) is 14.8. The zero-order valence-electron chi connectivity index (χ0n) is 39.6. The Morgan fingerprint density at radius 2 is 1.44 bits per heavy atom. The van der Waals surface area contributed by atoms with E-state index < -0.39 is 11.4 Å². The maximum atomic E-state index is 14.8. The van der Waals surface area contributed by atoms with Gasteiger partial charge < -0.3 is 34.2 Å². The quantitative estimate of drug-likeness (QED) is 0.112. The summed E-state index contributed by atoms with van der Waals surface area (Å²) in [5.41, 5.74) is 2.51. The van der Waals surface area contributed by atoms with Crippen molar-refractivity contribution in [3.63, 3.8) is 0 Å². The summed E-state index contributed by atoms with van der Waals surface area (Å²) < 4.78 is 19.6. The number of aromatic nitrogens is 2. The molecular weight excluding hydrogens is 793 g/mol. The average Bonchev–Trinajstić information content (AvgIpc) is 3.97. The van der Waals surface area contributed by atoms with Crippen molar-refractivity contribution >= 4 is 17.8 Å². The first-order chi connectivity index (χ1) is 30.2. The van der Waals surface area contributed by atoms with Gasteiger partial charge in [-0.3, -0.25) is 9.59 Å². The summed E-state index contributed by atoms with van der Waals surface area (Å²) in [6.45, 7) is 12.3. The second-order valence-corrected chi connectivity index (χ2v) is 20.1. The highest BCUT2D eigenvalue weighted by molar-refractivity contribution is 5.99. The average molecular weight is 867 g/mol. The standard InChI is InChI=1S/C51H74N6O6/c1-33(2)32-63-50(60)51(38-26-35-25-36(28-38)29-39(51)27-35)52-48(58)42-31-44(47-45(61-8)17-12-18-46(47)62-9)57(53-42)43-20-19-37(30-41(43)34(3)4)49(59)56(7)24-14-22-54(5)21-13-23-55(6)40-15-10-11-16-40/h12,17-20,30-31,33-36,38-40H,10-11,13-16,21-29,32H2,1-9H3,(H,52,58). The number of ether oxygens (including phenoxy) is 3. The molecule has 1 N–H and O–H groups in total. The third kappa shape index (κ3) is 9.97. The molecule has 5 fully saturated rings. The third-order valence-electron chi connectivity index (χ3n) is 14.8. The smallest absolute Gasteiger partial charge is 0.332 e. The minimum atomic E-state index is -1.11. The van der Waals surface area contributed by atoms with Gasteiger partial charge in [0.25, 0.3) is 11.8 Å². The largest absolute Gasteiger partial charge is 0.496 e. The molecular formula is C51H74N6O6. The molecule has 2 aromatic carbocycles. The van der Waals surface area contributed by atoms with Crippen LogP contribution in [-0.2, 0) is 9.53 Å². The fourth-order valence-corrected chi connectivity index (χ4v) is 11.6. The number of hydrogen-bond donors (Lipinski definition) is 1. The Morgan fingerprint density at radius 3 is 2.03 bits per heavy atom. The van der Waals surface area contributed by atoms with Crippen molar-refractivity contribution in [1.82, 2.24) is 29.8 Å². The number of esters is 1. The van der Waals surface area contributed by atoms with E-state index in [1.54, 1.807) is 25.0 Å². The number of benzene rings is 2. The number of nitrogens with zero attached hydrogens (tertiary/aromatic N) is 5. The Hall–Kier alpha value is -4.42. The lowest BCUT2D eigenvalue weighted by molar-refractivity contribution is -0.171. The van der Waals surface area contributed by atoms with Crippen molar-refractivity contribution in [3.05, 3.63) is 59.3 Å². The van der Waals surface area contributed by atoms with E-state index in [-0.39, 0.29) is 41.2 Å². The maximum absolute atomic E-state index is 14.8. The van der Waals surface area contributed by atoms with Gasteiger partial charge in [0.2, 0.25) is 0 Å². The molecule has 4 bridgehead atoms. The Balaban J connectivity index is 1.14. The van der Waals surface area contributed by atoms with Gasteiger partial charge in [0, 0.05) is 25.2 Å². The van der Waals surface area contributed by atoms with Crippen LogP contribution >= 0.6 is 0 Å². The topological polar surface area (TPSA) is 118 Å². The number of hydrogen-bond acceptors (Lipinski definition) is 9. The number of methoxy groups -OCH3 is 2. The maximum Gasteiger partial charge on any atom is 0.332 e. The monoisotopic (exact) mass is 867 g/mol. The van der Waals surface area contributed by atoms with Crippen LogP contribution in [0.3, 0.4) is 0 Å². The molecule has 8 rings (SSSR count). The summed E-state index contributed by atoms with van der Waals surface area (Å²) in [5.74, 6) is 1.70. The summed E-state index contributed by atoms with van der Waals surface area (Å²) in [7, 11) is 9.53. The van der Waals surface area contributed by atoms with Crippen molar-refractivity contribution in [2.75, 3.05) is 68.1 Å². The zero-order chi connectivity index (χ0) is 45.0. The van der Waals surface area contributed by atoms with E-state index in [1.165, 1.54) is 32.1 Å². The second kappa shape index (κ2) is 20.2. The summed E-state index contributed by atoms with van der Waals surface area (Å²) >= 11 is 0. The van der Waals surface area contributed by atoms with Gasteiger partial charge in [0.15, 0.2) is 5.69 Å². The van der Waals surface area contributed by atoms with Crippen molar-refractivity contribution < 1.29 is 28.6 Å². The van der Waals surface area contributed by atoms with Gasteiger partial charge in [-0.05, 0) is 169 Å². The minimum Gasteiger partial charge on any atom is -0.496 e. The van der Waals surface area contributed by atoms with Gasteiger partial charge in [-0.15, -0.1) is 0 Å². The Morgan fingerprint density at radius 1 is 0.825 bits per heavy atom. The molecule has 5 saturated carbocycles. The van der Waals surface area contributed by atoms with E-state index in [9.17, 15) is 14.4 Å². The van der Waals surface area contributed by atoms with Gasteiger partial charge in [-0.25, -0.2) is 9.48 Å². The Bertz CT molecular complexity index is 2020. The van der Waals surface area contributed by atoms with Crippen molar-refractivity contribution in [1.29, 1.82) is 0 Å². The molecule has 344 valence electrons. The van der Waals surface area contributed by atoms with Gasteiger partial charge in [-0.1, -0.05) is 46.6 Å². The molecule has 2 amide bonds. The highest BCUT2D eigenvalue weighted by Crippen LogP contribution is 2.59. The van der Waals surface area contributed by atoms with Crippen molar-refractivity contribution in [2.45, 2.75) is 116 Å². The number of carbonyl (C=O) groups excluding carboxylic acids is 3. The van der Waals surface area contributed by atoms with E-state index in [4.69, 9.17) is 19.3 Å². The molecule has 0 spiro atoms. The van der Waals surface area contributed by atoms with Crippen LogP contribution in [-0.4, -0.2) is 122 Å². The number of amides is 2. The molecule has 0 atom stereocenters.